The number of nitrogen functional groups attached to an aromatic ring is 1. The van der Waals surface area contributed by atoms with E-state index in [1.165, 1.54) is 0 Å². The van der Waals surface area contributed by atoms with E-state index in [1.54, 1.807) is 0 Å². The number of nitrogens with two attached hydrogens (primary N) is 1. The van der Waals surface area contributed by atoms with Gasteiger partial charge in [0, 0.05) is 10.7 Å². The summed E-state index contributed by atoms with van der Waals surface area (Å²) in [5.41, 5.74) is 3.33. The van der Waals surface area contributed by atoms with Crippen LogP contribution in [-0.2, 0) is 9.05 Å². The Morgan fingerprint density at radius 3 is 1.83 bits per heavy atom. The van der Waals surface area contributed by atoms with Gasteiger partial charge in [-0.1, -0.05) is 0 Å². The highest BCUT2D eigenvalue weighted by Crippen LogP contribution is 2.30. The molecule has 0 saturated carbocycles. The van der Waals surface area contributed by atoms with Gasteiger partial charge in [-0.25, -0.2) is 26.0 Å². The molecule has 0 aliphatic rings. The molecule has 2 aromatic rings. The highest BCUT2D eigenvalue weighted by molar-refractivity contribution is 8.13. The lowest BCUT2D eigenvalue weighted by atomic mass is 10.2. The van der Waals surface area contributed by atoms with E-state index in [0.29, 0.717) is 6.07 Å². The maximum atomic E-state index is 13.7. The Hall–Kier alpha value is -2.20. The second-order valence-electron chi connectivity index (χ2n) is 4.15. The monoisotopic (exact) mass is 367 g/mol. The van der Waals surface area contributed by atoms with Gasteiger partial charge in [-0.15, -0.1) is 10.2 Å². The van der Waals surface area contributed by atoms with E-state index in [1.807, 2.05) is 0 Å². The van der Waals surface area contributed by atoms with Crippen LogP contribution in [0.4, 0.5) is 34.6 Å². The summed E-state index contributed by atoms with van der Waals surface area (Å²) >= 11 is 0. The van der Waals surface area contributed by atoms with Crippen LogP contribution in [0.2, 0.25) is 0 Å². The van der Waals surface area contributed by atoms with Crippen molar-refractivity contribution in [1.82, 2.24) is 0 Å². The number of halogens is 5. The minimum Gasteiger partial charge on any atom is -0.396 e. The van der Waals surface area contributed by atoms with E-state index in [-0.39, 0.29) is 0 Å². The standard InChI is InChI=1S/C12H6ClF4N3O2S/c13-23(21,22)8-4-3-7(11(16)12(8)17)20-19-6-2-1-5(18)9(14)10(6)15/h1-4H,18H2/b20-19+. The van der Waals surface area contributed by atoms with Crippen LogP contribution in [0.15, 0.2) is 39.4 Å². The van der Waals surface area contributed by atoms with Gasteiger partial charge in [0.05, 0.1) is 5.69 Å². The van der Waals surface area contributed by atoms with Gasteiger partial charge >= 0.3 is 0 Å². The van der Waals surface area contributed by atoms with E-state index >= 15 is 0 Å². The largest absolute Gasteiger partial charge is 0.396 e. The zero-order valence-electron chi connectivity index (χ0n) is 10.9. The van der Waals surface area contributed by atoms with Crippen molar-refractivity contribution >= 4 is 36.8 Å². The van der Waals surface area contributed by atoms with Crippen molar-refractivity contribution < 1.29 is 26.0 Å². The molecule has 122 valence electrons. The average Bonchev–Trinajstić information content (AvgIpc) is 2.46. The first kappa shape index (κ1) is 17.2. The molecular formula is C12H6ClF4N3O2S. The molecule has 11 heteroatoms. The summed E-state index contributed by atoms with van der Waals surface area (Å²) in [6.45, 7) is 0. The van der Waals surface area contributed by atoms with Gasteiger partial charge in [0.1, 0.15) is 16.3 Å². The predicted octanol–water partition coefficient (Wildman–Crippen LogP) is 4.17. The van der Waals surface area contributed by atoms with E-state index in [0.717, 1.165) is 18.2 Å². The van der Waals surface area contributed by atoms with Gasteiger partial charge in [0.15, 0.2) is 23.3 Å². The first-order valence-electron chi connectivity index (χ1n) is 5.70. The lowest BCUT2D eigenvalue weighted by molar-refractivity contribution is 0.487. The summed E-state index contributed by atoms with van der Waals surface area (Å²) < 4.78 is 76.0. The molecule has 2 aromatic carbocycles. The topological polar surface area (TPSA) is 84.9 Å². The Kier molecular flexibility index (Phi) is 4.57. The highest BCUT2D eigenvalue weighted by Gasteiger charge is 2.22. The van der Waals surface area contributed by atoms with Crippen molar-refractivity contribution in [1.29, 1.82) is 0 Å². The quantitative estimate of drug-likeness (QED) is 0.382. The Morgan fingerprint density at radius 2 is 1.30 bits per heavy atom. The van der Waals surface area contributed by atoms with Crippen LogP contribution >= 0.6 is 10.7 Å². The smallest absolute Gasteiger partial charge is 0.264 e. The molecule has 2 N–H and O–H groups in total. The molecular weight excluding hydrogens is 362 g/mol. The van der Waals surface area contributed by atoms with E-state index < -0.39 is 54.3 Å². The molecule has 0 radical (unpaired) electrons. The van der Waals surface area contributed by atoms with Crippen molar-refractivity contribution in [2.24, 2.45) is 10.2 Å². The number of benzene rings is 2. The van der Waals surface area contributed by atoms with E-state index in [9.17, 15) is 26.0 Å². The van der Waals surface area contributed by atoms with Crippen molar-refractivity contribution in [3.8, 4) is 0 Å². The average molecular weight is 368 g/mol. The summed E-state index contributed by atoms with van der Waals surface area (Å²) in [5.74, 6) is -6.21. The van der Waals surface area contributed by atoms with Gasteiger partial charge in [0.25, 0.3) is 9.05 Å². The molecule has 0 aliphatic carbocycles. The number of nitrogens with zero attached hydrogens (tertiary/aromatic N) is 2. The Morgan fingerprint density at radius 1 is 0.826 bits per heavy atom. The minimum absolute atomic E-state index is 0.463. The minimum atomic E-state index is -4.50. The molecule has 0 unspecified atom stereocenters. The maximum absolute atomic E-state index is 13.7. The summed E-state index contributed by atoms with van der Waals surface area (Å²) in [4.78, 5) is -1.08. The zero-order chi connectivity index (χ0) is 17.4. The normalized spacial score (nSPS) is 12.0. The van der Waals surface area contributed by atoms with Gasteiger partial charge in [0.2, 0.25) is 0 Å². The first-order chi connectivity index (χ1) is 10.6. The molecule has 0 atom stereocenters. The molecule has 2 rings (SSSR count). The molecule has 23 heavy (non-hydrogen) atoms. The van der Waals surface area contributed by atoms with E-state index in [4.69, 9.17) is 16.4 Å². The van der Waals surface area contributed by atoms with Crippen LogP contribution in [0.1, 0.15) is 0 Å². The summed E-state index contributed by atoms with van der Waals surface area (Å²) in [6, 6.07) is 3.41. The highest BCUT2D eigenvalue weighted by atomic mass is 35.7. The summed E-state index contributed by atoms with van der Waals surface area (Å²) in [5, 5.41) is 6.45. The fourth-order valence-corrected chi connectivity index (χ4v) is 2.42. The third kappa shape index (κ3) is 3.42. The van der Waals surface area contributed by atoms with Crippen LogP contribution in [0.5, 0.6) is 0 Å². The molecule has 0 saturated heterocycles. The molecule has 0 fully saturated rings. The van der Waals surface area contributed by atoms with Crippen LogP contribution in [0.3, 0.4) is 0 Å². The van der Waals surface area contributed by atoms with Crippen molar-refractivity contribution in [3.63, 3.8) is 0 Å². The molecule has 0 amide bonds. The zero-order valence-corrected chi connectivity index (χ0v) is 12.5. The predicted molar refractivity (Wildman–Crippen MR) is 74.3 cm³/mol. The number of rotatable bonds is 3. The Balaban J connectivity index is 2.46. The van der Waals surface area contributed by atoms with Gasteiger partial charge < -0.3 is 5.73 Å². The molecule has 5 nitrogen and oxygen atoms in total. The third-order valence-corrected chi connectivity index (χ3v) is 3.99. The molecule has 0 aromatic heterocycles. The van der Waals surface area contributed by atoms with Crippen LogP contribution < -0.4 is 5.73 Å². The second kappa shape index (κ2) is 6.13. The van der Waals surface area contributed by atoms with Crippen molar-refractivity contribution in [2.75, 3.05) is 5.73 Å². The van der Waals surface area contributed by atoms with Gasteiger partial charge in [-0.3, -0.25) is 0 Å². The van der Waals surface area contributed by atoms with Gasteiger partial charge in [-0.2, -0.15) is 0 Å². The maximum Gasteiger partial charge on any atom is 0.264 e. The summed E-state index contributed by atoms with van der Waals surface area (Å²) in [7, 11) is 0.427. The fraction of sp³-hybridized carbons (Fsp3) is 0. The lowest BCUT2D eigenvalue weighted by Crippen LogP contribution is -1.98. The molecule has 0 heterocycles. The Labute approximate surface area is 131 Å². The number of anilines is 1. The molecule has 0 aliphatic heterocycles. The van der Waals surface area contributed by atoms with Crippen LogP contribution in [0, 0.1) is 23.3 Å². The van der Waals surface area contributed by atoms with Crippen molar-refractivity contribution in [3.05, 3.63) is 47.5 Å². The van der Waals surface area contributed by atoms with Gasteiger partial charge in [-0.05, 0) is 24.3 Å². The first-order valence-corrected chi connectivity index (χ1v) is 8.01. The third-order valence-electron chi connectivity index (χ3n) is 2.65. The van der Waals surface area contributed by atoms with Crippen LogP contribution in [0.25, 0.3) is 0 Å². The Bertz CT molecular complexity index is 919. The summed E-state index contributed by atoms with van der Waals surface area (Å²) in [6.07, 6.45) is 0. The van der Waals surface area contributed by atoms with E-state index in [2.05, 4.69) is 10.2 Å². The number of hydrogen-bond acceptors (Lipinski definition) is 5. The number of azo groups is 1. The second-order valence-corrected chi connectivity index (χ2v) is 6.68. The van der Waals surface area contributed by atoms with Crippen LogP contribution in [-0.4, -0.2) is 8.42 Å². The lowest BCUT2D eigenvalue weighted by Gasteiger charge is -2.03. The fourth-order valence-electron chi connectivity index (χ4n) is 1.53. The SMILES string of the molecule is Nc1ccc(/N=N/c2ccc(S(=O)(=O)Cl)c(F)c2F)c(F)c1F. The van der Waals surface area contributed by atoms with Crippen molar-refractivity contribution in [2.45, 2.75) is 4.90 Å². The molecule has 0 bridgehead atoms. The number of hydrogen-bond donors (Lipinski definition) is 1. The molecule has 0 spiro atoms.